The minimum absolute atomic E-state index is 0.675. The molecule has 226 valence electrons. The molecule has 9 rings (SSSR count). The molecular formula is C45H31N3. The summed E-state index contributed by atoms with van der Waals surface area (Å²) in [6.45, 7) is 4.38. The van der Waals surface area contributed by atoms with Crippen molar-refractivity contribution in [3.8, 4) is 39.7 Å². The molecule has 48 heavy (non-hydrogen) atoms. The quantitative estimate of drug-likeness (QED) is 0.194. The lowest BCUT2D eigenvalue weighted by Gasteiger charge is -2.15. The summed E-state index contributed by atoms with van der Waals surface area (Å²) in [6.07, 6.45) is 0. The fraction of sp³-hybridized carbons (Fsp3) is 0.0444. The van der Waals surface area contributed by atoms with E-state index < -0.39 is 0 Å². The summed E-state index contributed by atoms with van der Waals surface area (Å²) in [7, 11) is 0. The number of fused-ring (bicyclic) bond motifs is 6. The lowest BCUT2D eigenvalue weighted by atomic mass is 9.97. The number of nitrogens with zero attached hydrogens (tertiary/aromatic N) is 3. The van der Waals surface area contributed by atoms with Gasteiger partial charge in [0.15, 0.2) is 0 Å². The number of aryl methyl sites for hydroxylation is 2. The Balaban J connectivity index is 1.12. The number of benzene rings is 7. The fourth-order valence-corrected chi connectivity index (χ4v) is 7.60. The van der Waals surface area contributed by atoms with Gasteiger partial charge in [0.1, 0.15) is 0 Å². The van der Waals surface area contributed by atoms with E-state index in [9.17, 15) is 5.26 Å². The van der Waals surface area contributed by atoms with Gasteiger partial charge in [-0.25, -0.2) is 0 Å². The molecule has 9 aromatic rings. The second kappa shape index (κ2) is 10.9. The second-order valence-electron chi connectivity index (χ2n) is 12.6. The van der Waals surface area contributed by atoms with Crippen molar-refractivity contribution in [2.75, 3.05) is 0 Å². The van der Waals surface area contributed by atoms with Crippen molar-refractivity contribution < 1.29 is 0 Å². The van der Waals surface area contributed by atoms with Crippen molar-refractivity contribution in [3.63, 3.8) is 0 Å². The van der Waals surface area contributed by atoms with Gasteiger partial charge in [0, 0.05) is 32.8 Å². The molecule has 0 saturated heterocycles. The minimum atomic E-state index is 0.675. The predicted molar refractivity (Wildman–Crippen MR) is 200 cm³/mol. The van der Waals surface area contributed by atoms with Crippen LogP contribution in [0.3, 0.4) is 0 Å². The maximum atomic E-state index is 9.54. The molecule has 0 atom stereocenters. The molecule has 3 heteroatoms. The van der Waals surface area contributed by atoms with Gasteiger partial charge in [0.05, 0.1) is 39.4 Å². The second-order valence-corrected chi connectivity index (χ2v) is 12.6. The number of hydrogen-bond donors (Lipinski definition) is 0. The van der Waals surface area contributed by atoms with Crippen molar-refractivity contribution in [1.82, 2.24) is 9.13 Å². The van der Waals surface area contributed by atoms with E-state index in [2.05, 4.69) is 169 Å². The van der Waals surface area contributed by atoms with E-state index in [4.69, 9.17) is 0 Å². The summed E-state index contributed by atoms with van der Waals surface area (Å²) in [5.74, 6) is 0. The van der Waals surface area contributed by atoms with Crippen molar-refractivity contribution in [1.29, 1.82) is 5.26 Å². The van der Waals surface area contributed by atoms with E-state index in [1.54, 1.807) is 0 Å². The van der Waals surface area contributed by atoms with E-state index >= 15 is 0 Å². The zero-order valence-corrected chi connectivity index (χ0v) is 26.8. The molecule has 0 amide bonds. The Kier molecular flexibility index (Phi) is 6.32. The van der Waals surface area contributed by atoms with Crippen molar-refractivity contribution >= 4 is 43.6 Å². The summed E-state index contributed by atoms with van der Waals surface area (Å²) in [6, 6.07) is 56.4. The Morgan fingerprint density at radius 3 is 1.85 bits per heavy atom. The molecule has 0 unspecified atom stereocenters. The highest BCUT2D eigenvalue weighted by atomic mass is 15.0. The first-order valence-corrected chi connectivity index (χ1v) is 16.3. The third-order valence-corrected chi connectivity index (χ3v) is 9.82. The summed E-state index contributed by atoms with van der Waals surface area (Å²) < 4.78 is 4.74. The lowest BCUT2D eigenvalue weighted by Crippen LogP contribution is -1.98. The third kappa shape index (κ3) is 4.20. The molecule has 0 aliphatic heterocycles. The lowest BCUT2D eigenvalue weighted by molar-refractivity contribution is 1.15. The monoisotopic (exact) mass is 613 g/mol. The Morgan fingerprint density at radius 1 is 0.438 bits per heavy atom. The van der Waals surface area contributed by atoms with Gasteiger partial charge in [0.25, 0.3) is 0 Å². The number of aromatic nitrogens is 2. The normalized spacial score (nSPS) is 11.5. The molecule has 0 spiro atoms. The van der Waals surface area contributed by atoms with Crippen LogP contribution in [0.15, 0.2) is 152 Å². The standard InChI is InChI=1S/C45H31N3/c1-29-10-9-17-44-45(29)37-13-5-8-16-42(37)48(44)40-14-6-3-11-35(40)33-21-19-32(20-22-33)34-23-25-39(30(2)26-34)47-41-15-7-4-12-36(41)38-27-31(28-46)18-24-43(38)47/h3-27H,1-2H3. The van der Waals surface area contributed by atoms with Crippen LogP contribution in [0.25, 0.3) is 77.2 Å². The van der Waals surface area contributed by atoms with Crippen LogP contribution in [0, 0.1) is 25.2 Å². The molecule has 0 N–H and O–H groups in total. The number of hydrogen-bond acceptors (Lipinski definition) is 1. The minimum Gasteiger partial charge on any atom is -0.309 e. The largest absolute Gasteiger partial charge is 0.309 e. The van der Waals surface area contributed by atoms with E-state index in [-0.39, 0.29) is 0 Å². The third-order valence-electron chi connectivity index (χ3n) is 9.82. The molecule has 2 heterocycles. The van der Waals surface area contributed by atoms with Crippen LogP contribution in [0.2, 0.25) is 0 Å². The topological polar surface area (TPSA) is 33.6 Å². The maximum Gasteiger partial charge on any atom is 0.0991 e. The molecule has 0 radical (unpaired) electrons. The highest BCUT2D eigenvalue weighted by molar-refractivity contribution is 6.11. The highest BCUT2D eigenvalue weighted by Crippen LogP contribution is 2.39. The summed E-state index contributed by atoms with van der Waals surface area (Å²) >= 11 is 0. The van der Waals surface area contributed by atoms with Crippen LogP contribution in [0.5, 0.6) is 0 Å². The maximum absolute atomic E-state index is 9.54. The van der Waals surface area contributed by atoms with Crippen LogP contribution in [-0.2, 0) is 0 Å². The zero-order valence-electron chi connectivity index (χ0n) is 26.8. The number of para-hydroxylation sites is 3. The summed E-state index contributed by atoms with van der Waals surface area (Å²) in [4.78, 5) is 0. The van der Waals surface area contributed by atoms with Gasteiger partial charge < -0.3 is 9.13 Å². The molecule has 7 aromatic carbocycles. The van der Waals surface area contributed by atoms with Crippen LogP contribution in [0.4, 0.5) is 0 Å². The predicted octanol–water partition coefficient (Wildman–Crippen LogP) is 11.7. The molecule has 3 nitrogen and oxygen atoms in total. The summed E-state index contributed by atoms with van der Waals surface area (Å²) in [5.41, 5.74) is 14.9. The number of nitriles is 1. The average Bonchev–Trinajstić information content (AvgIpc) is 3.65. The molecule has 0 aliphatic rings. The van der Waals surface area contributed by atoms with Crippen LogP contribution in [-0.4, -0.2) is 9.13 Å². The van der Waals surface area contributed by atoms with Gasteiger partial charge >= 0.3 is 0 Å². The molecule has 0 fully saturated rings. The molecule has 0 bridgehead atoms. The van der Waals surface area contributed by atoms with Gasteiger partial charge in [-0.1, -0.05) is 97.1 Å². The Hall–Kier alpha value is -6.37. The Morgan fingerprint density at radius 2 is 1.06 bits per heavy atom. The first kappa shape index (κ1) is 27.9. The number of rotatable bonds is 4. The molecule has 0 aliphatic carbocycles. The van der Waals surface area contributed by atoms with Crippen LogP contribution < -0.4 is 0 Å². The smallest absolute Gasteiger partial charge is 0.0991 e. The van der Waals surface area contributed by atoms with Gasteiger partial charge in [-0.3, -0.25) is 0 Å². The van der Waals surface area contributed by atoms with E-state index in [1.165, 1.54) is 60.9 Å². The highest BCUT2D eigenvalue weighted by Gasteiger charge is 2.17. The van der Waals surface area contributed by atoms with Gasteiger partial charge in [-0.05, 0) is 96.3 Å². The zero-order chi connectivity index (χ0) is 32.4. The van der Waals surface area contributed by atoms with Crippen molar-refractivity contribution in [2.24, 2.45) is 0 Å². The Labute approximate surface area is 279 Å². The summed E-state index contributed by atoms with van der Waals surface area (Å²) in [5, 5.41) is 14.4. The molecule has 2 aromatic heterocycles. The average molecular weight is 614 g/mol. The molecular weight excluding hydrogens is 583 g/mol. The van der Waals surface area contributed by atoms with Gasteiger partial charge in [-0.15, -0.1) is 0 Å². The van der Waals surface area contributed by atoms with Crippen molar-refractivity contribution in [2.45, 2.75) is 13.8 Å². The van der Waals surface area contributed by atoms with Gasteiger partial charge in [-0.2, -0.15) is 5.26 Å². The van der Waals surface area contributed by atoms with Crippen molar-refractivity contribution in [3.05, 3.63) is 168 Å². The SMILES string of the molecule is Cc1cc(-c2ccc(-c3ccccc3-n3c4ccccc4c4c(C)cccc43)cc2)ccc1-n1c2ccccc2c2cc(C#N)ccc21. The Bertz CT molecular complexity index is 2750. The van der Waals surface area contributed by atoms with Crippen LogP contribution >= 0.6 is 0 Å². The van der Waals surface area contributed by atoms with Crippen LogP contribution in [0.1, 0.15) is 16.7 Å². The van der Waals surface area contributed by atoms with E-state index in [0.29, 0.717) is 5.56 Å². The first-order valence-electron chi connectivity index (χ1n) is 16.3. The van der Waals surface area contributed by atoms with E-state index in [0.717, 1.165) is 27.5 Å². The van der Waals surface area contributed by atoms with E-state index in [1.807, 2.05) is 12.1 Å². The first-order chi connectivity index (χ1) is 23.6. The van der Waals surface area contributed by atoms with Gasteiger partial charge in [0.2, 0.25) is 0 Å². The molecule has 0 saturated carbocycles. The fourth-order valence-electron chi connectivity index (χ4n) is 7.60.